The van der Waals surface area contributed by atoms with Crippen LogP contribution < -0.4 is 10.1 Å². The van der Waals surface area contributed by atoms with Gasteiger partial charge in [0.15, 0.2) is 0 Å². The zero-order chi connectivity index (χ0) is 21.0. The van der Waals surface area contributed by atoms with E-state index in [1.165, 1.54) is 5.39 Å². The molecule has 0 bridgehead atoms. The van der Waals surface area contributed by atoms with Crippen LogP contribution >= 0.6 is 0 Å². The molecule has 0 saturated carbocycles. The third kappa shape index (κ3) is 4.26. The van der Waals surface area contributed by atoms with Crippen molar-refractivity contribution in [3.8, 4) is 11.5 Å². The zero-order valence-corrected chi connectivity index (χ0v) is 16.8. The van der Waals surface area contributed by atoms with E-state index in [0.717, 1.165) is 39.3 Å². The summed E-state index contributed by atoms with van der Waals surface area (Å²) < 4.78 is 5.78. The summed E-state index contributed by atoms with van der Waals surface area (Å²) in [5.74, 6) is 1.46. The molecule has 0 saturated heterocycles. The predicted molar refractivity (Wildman–Crippen MR) is 124 cm³/mol. The summed E-state index contributed by atoms with van der Waals surface area (Å²) in [6.07, 6.45) is 2.79. The highest BCUT2D eigenvalue weighted by Gasteiger charge is 2.08. The number of fused-ring (bicyclic) bond motifs is 3. The molecule has 1 amide bonds. The van der Waals surface area contributed by atoms with Gasteiger partial charge in [-0.05, 0) is 55.0 Å². The quantitative estimate of drug-likeness (QED) is 0.358. The maximum atomic E-state index is 12.4. The van der Waals surface area contributed by atoms with Gasteiger partial charge in [-0.25, -0.2) is 0 Å². The second kappa shape index (κ2) is 8.32. The van der Waals surface area contributed by atoms with E-state index in [2.05, 4.69) is 33.5 Å². The number of hydrogen-bond acceptors (Lipinski definition) is 3. The van der Waals surface area contributed by atoms with Gasteiger partial charge < -0.3 is 15.0 Å². The van der Waals surface area contributed by atoms with Crippen molar-refractivity contribution in [3.63, 3.8) is 0 Å². The van der Waals surface area contributed by atoms with Crippen molar-refractivity contribution in [2.45, 2.75) is 12.8 Å². The number of amides is 1. The fourth-order valence-electron chi connectivity index (χ4n) is 3.63. The first-order valence-corrected chi connectivity index (χ1v) is 10.2. The smallest absolute Gasteiger partial charge is 0.224 e. The molecule has 3 aromatic carbocycles. The number of ether oxygens (including phenoxy) is 1. The summed E-state index contributed by atoms with van der Waals surface area (Å²) in [7, 11) is 0. The highest BCUT2D eigenvalue weighted by molar-refractivity contribution is 6.07. The van der Waals surface area contributed by atoms with E-state index in [0.29, 0.717) is 12.8 Å². The van der Waals surface area contributed by atoms with Crippen LogP contribution in [-0.2, 0) is 11.2 Å². The van der Waals surface area contributed by atoms with Crippen LogP contribution in [0.3, 0.4) is 0 Å². The minimum absolute atomic E-state index is 0.0439. The molecule has 0 radical (unpaired) electrons. The summed E-state index contributed by atoms with van der Waals surface area (Å²) in [6, 6.07) is 27.2. The molecule has 0 fully saturated rings. The predicted octanol–water partition coefficient (Wildman–Crippen LogP) is 6.08. The van der Waals surface area contributed by atoms with Crippen LogP contribution in [0.25, 0.3) is 21.8 Å². The number of carbonyl (C=O) groups is 1. The Hall–Kier alpha value is -4.12. The molecule has 2 aromatic heterocycles. The third-order valence-corrected chi connectivity index (χ3v) is 5.17. The monoisotopic (exact) mass is 407 g/mol. The van der Waals surface area contributed by atoms with E-state index < -0.39 is 0 Å². The molecule has 2 N–H and O–H groups in total. The van der Waals surface area contributed by atoms with Crippen molar-refractivity contribution in [2.24, 2.45) is 0 Å². The molecule has 5 nitrogen and oxygen atoms in total. The standard InChI is InChI=1S/C26H21N3O2/c30-26(28-18-10-13-21(14-11-18)31-20-6-2-1-3-7-20)15-12-19-16-23-22-8-4-5-9-24(22)29-25(23)17-27-19/h1-11,13-14,16-17,29H,12,15H2,(H,28,30). The highest BCUT2D eigenvalue weighted by atomic mass is 16.5. The number of H-pyrrole nitrogens is 1. The Labute approximate surface area is 179 Å². The number of benzene rings is 3. The average molecular weight is 407 g/mol. The van der Waals surface area contributed by atoms with Gasteiger partial charge in [0.05, 0.1) is 11.7 Å². The summed E-state index contributed by atoms with van der Waals surface area (Å²) >= 11 is 0. The molecule has 0 aliphatic heterocycles. The van der Waals surface area contributed by atoms with E-state index in [9.17, 15) is 4.79 Å². The lowest BCUT2D eigenvalue weighted by Crippen LogP contribution is -2.12. The van der Waals surface area contributed by atoms with Gasteiger partial charge in [0.2, 0.25) is 5.91 Å². The Morgan fingerprint density at radius 2 is 1.58 bits per heavy atom. The molecule has 0 aliphatic rings. The van der Waals surface area contributed by atoms with Crippen molar-refractivity contribution >= 4 is 33.4 Å². The fraction of sp³-hybridized carbons (Fsp3) is 0.0769. The first-order chi connectivity index (χ1) is 15.2. The Balaban J connectivity index is 1.20. The Morgan fingerprint density at radius 3 is 2.42 bits per heavy atom. The number of aryl methyl sites for hydroxylation is 1. The van der Waals surface area contributed by atoms with Crippen LogP contribution in [0, 0.1) is 0 Å². The molecular formula is C26H21N3O2. The van der Waals surface area contributed by atoms with Gasteiger partial charge in [0.25, 0.3) is 0 Å². The first kappa shape index (κ1) is 18.9. The van der Waals surface area contributed by atoms with Crippen LogP contribution in [0.5, 0.6) is 11.5 Å². The lowest BCUT2D eigenvalue weighted by atomic mass is 10.1. The highest BCUT2D eigenvalue weighted by Crippen LogP contribution is 2.26. The number of carbonyl (C=O) groups excluding carboxylic acids is 1. The van der Waals surface area contributed by atoms with Crippen molar-refractivity contribution in [1.82, 2.24) is 9.97 Å². The van der Waals surface area contributed by atoms with Crippen molar-refractivity contribution in [2.75, 3.05) is 5.32 Å². The normalized spacial score (nSPS) is 11.0. The van der Waals surface area contributed by atoms with Crippen LogP contribution in [0.4, 0.5) is 5.69 Å². The number of aromatic nitrogens is 2. The minimum Gasteiger partial charge on any atom is -0.457 e. The number of rotatable bonds is 6. The molecular weight excluding hydrogens is 386 g/mol. The van der Waals surface area contributed by atoms with E-state index in [1.807, 2.05) is 72.9 Å². The van der Waals surface area contributed by atoms with Gasteiger partial charge in [0, 0.05) is 34.1 Å². The number of para-hydroxylation sites is 2. The van der Waals surface area contributed by atoms with Crippen LogP contribution in [0.15, 0.2) is 91.1 Å². The summed E-state index contributed by atoms with van der Waals surface area (Å²) in [5, 5.41) is 5.24. The van der Waals surface area contributed by atoms with Gasteiger partial charge in [-0.1, -0.05) is 36.4 Å². The first-order valence-electron chi connectivity index (χ1n) is 10.2. The molecule has 0 spiro atoms. The molecule has 2 heterocycles. The summed E-state index contributed by atoms with van der Waals surface area (Å²) in [5.41, 5.74) is 3.74. The van der Waals surface area contributed by atoms with Gasteiger partial charge in [-0.15, -0.1) is 0 Å². The van der Waals surface area contributed by atoms with E-state index in [4.69, 9.17) is 4.74 Å². The summed E-state index contributed by atoms with van der Waals surface area (Å²) in [4.78, 5) is 20.3. The van der Waals surface area contributed by atoms with Crippen molar-refractivity contribution in [3.05, 3.63) is 96.8 Å². The van der Waals surface area contributed by atoms with Crippen molar-refractivity contribution in [1.29, 1.82) is 0 Å². The van der Waals surface area contributed by atoms with Crippen LogP contribution in [0.1, 0.15) is 12.1 Å². The van der Waals surface area contributed by atoms with Gasteiger partial charge in [-0.3, -0.25) is 9.78 Å². The molecule has 5 aromatic rings. The van der Waals surface area contributed by atoms with E-state index in [1.54, 1.807) is 0 Å². The maximum absolute atomic E-state index is 12.4. The SMILES string of the molecule is O=C(CCc1cc2c(cn1)[nH]c1ccccc12)Nc1ccc(Oc2ccccc2)cc1. The second-order valence-electron chi connectivity index (χ2n) is 7.38. The van der Waals surface area contributed by atoms with Gasteiger partial charge in [-0.2, -0.15) is 0 Å². The Bertz CT molecular complexity index is 1340. The molecule has 5 heteroatoms. The number of nitrogens with one attached hydrogen (secondary N) is 2. The average Bonchev–Trinajstić information content (AvgIpc) is 3.18. The number of hydrogen-bond donors (Lipinski definition) is 2. The van der Waals surface area contributed by atoms with Gasteiger partial charge in [0.1, 0.15) is 11.5 Å². The van der Waals surface area contributed by atoms with E-state index >= 15 is 0 Å². The second-order valence-corrected chi connectivity index (χ2v) is 7.38. The Morgan fingerprint density at radius 1 is 0.839 bits per heavy atom. The third-order valence-electron chi connectivity index (χ3n) is 5.17. The van der Waals surface area contributed by atoms with Crippen LogP contribution in [-0.4, -0.2) is 15.9 Å². The molecule has 152 valence electrons. The number of pyridine rings is 1. The minimum atomic E-state index is -0.0439. The molecule has 5 rings (SSSR count). The number of nitrogens with zero attached hydrogens (tertiary/aromatic N) is 1. The largest absolute Gasteiger partial charge is 0.457 e. The molecule has 31 heavy (non-hydrogen) atoms. The maximum Gasteiger partial charge on any atom is 0.224 e. The van der Waals surface area contributed by atoms with E-state index in [-0.39, 0.29) is 5.91 Å². The molecule has 0 aliphatic carbocycles. The Kier molecular flexibility index (Phi) is 5.07. The number of anilines is 1. The zero-order valence-electron chi connectivity index (χ0n) is 16.8. The molecule has 0 atom stereocenters. The number of aromatic amines is 1. The molecule has 0 unspecified atom stereocenters. The van der Waals surface area contributed by atoms with Crippen LogP contribution in [0.2, 0.25) is 0 Å². The lowest BCUT2D eigenvalue weighted by molar-refractivity contribution is -0.116. The lowest BCUT2D eigenvalue weighted by Gasteiger charge is -2.08. The summed E-state index contributed by atoms with van der Waals surface area (Å²) in [6.45, 7) is 0. The van der Waals surface area contributed by atoms with Crippen molar-refractivity contribution < 1.29 is 9.53 Å². The fourth-order valence-corrected chi connectivity index (χ4v) is 3.63. The van der Waals surface area contributed by atoms with Gasteiger partial charge >= 0.3 is 0 Å². The topological polar surface area (TPSA) is 67.0 Å².